The topological polar surface area (TPSA) is 85.3 Å². The Labute approximate surface area is 204 Å². The van der Waals surface area contributed by atoms with Crippen molar-refractivity contribution < 1.29 is 0 Å². The molecule has 8 nitrogen and oxygen atoms in total. The zero-order valence-electron chi connectivity index (χ0n) is 18.2. The molecule has 4 rings (SSSR count). The molecule has 0 unspecified atom stereocenters. The van der Waals surface area contributed by atoms with Crippen LogP contribution < -0.4 is 10.2 Å². The van der Waals surface area contributed by atoms with Gasteiger partial charge in [0.1, 0.15) is 11.6 Å². The first-order valence-electron chi connectivity index (χ1n) is 10.8. The smallest absolute Gasteiger partial charge is 0.205 e. The summed E-state index contributed by atoms with van der Waals surface area (Å²) in [7, 11) is 0. The number of guanidine groups is 1. The third-order valence-electron chi connectivity index (χ3n) is 5.23. The normalized spacial score (nSPS) is 14.7. The molecular formula is C21H31IN8S. The zero-order chi connectivity index (χ0) is 20.8. The highest BCUT2D eigenvalue weighted by Crippen LogP contribution is 2.19. The predicted molar refractivity (Wildman–Crippen MR) is 139 cm³/mol. The number of nitrogens with zero attached hydrogens (tertiary/aromatic N) is 6. The van der Waals surface area contributed by atoms with Crippen molar-refractivity contribution >= 4 is 57.6 Å². The number of nitrogens with one attached hydrogen (secondary N) is 2. The summed E-state index contributed by atoms with van der Waals surface area (Å²) in [5, 5.41) is 4.49. The largest absolute Gasteiger partial charge is 0.357 e. The zero-order valence-corrected chi connectivity index (χ0v) is 21.3. The summed E-state index contributed by atoms with van der Waals surface area (Å²) in [6.07, 6.45) is 2.77. The average molecular weight is 555 g/mol. The maximum Gasteiger partial charge on any atom is 0.205 e. The molecule has 1 saturated heterocycles. The van der Waals surface area contributed by atoms with Crippen LogP contribution in [0.25, 0.3) is 11.0 Å². The van der Waals surface area contributed by atoms with E-state index in [1.165, 1.54) is 11.5 Å². The Hall–Kier alpha value is -1.95. The number of anilines is 1. The van der Waals surface area contributed by atoms with Crippen LogP contribution in [0.5, 0.6) is 0 Å². The van der Waals surface area contributed by atoms with Gasteiger partial charge in [0.15, 0.2) is 5.96 Å². The Morgan fingerprint density at radius 3 is 2.68 bits per heavy atom. The van der Waals surface area contributed by atoms with Gasteiger partial charge in [-0.15, -0.1) is 24.0 Å². The highest BCUT2D eigenvalue weighted by Gasteiger charge is 2.22. The predicted octanol–water partition coefficient (Wildman–Crippen LogP) is 3.32. The van der Waals surface area contributed by atoms with Crippen molar-refractivity contribution in [3.63, 3.8) is 0 Å². The summed E-state index contributed by atoms with van der Waals surface area (Å²) in [5.74, 6) is 2.98. The van der Waals surface area contributed by atoms with E-state index in [0.717, 1.165) is 92.3 Å². The first-order valence-corrected chi connectivity index (χ1v) is 11.6. The Morgan fingerprint density at radius 1 is 1.16 bits per heavy atom. The van der Waals surface area contributed by atoms with Gasteiger partial charge in [-0.3, -0.25) is 4.99 Å². The van der Waals surface area contributed by atoms with Crippen LogP contribution >= 0.6 is 35.5 Å². The lowest BCUT2D eigenvalue weighted by atomic mass is 10.3. The molecule has 2 N–H and O–H groups in total. The average Bonchev–Trinajstić information content (AvgIpc) is 3.42. The van der Waals surface area contributed by atoms with E-state index in [-0.39, 0.29) is 24.0 Å². The molecule has 168 valence electrons. The number of fused-ring (bicyclic) bond motifs is 1. The number of benzene rings is 1. The van der Waals surface area contributed by atoms with Gasteiger partial charge in [0.2, 0.25) is 5.13 Å². The molecule has 3 aromatic rings. The highest BCUT2D eigenvalue weighted by atomic mass is 127. The molecule has 31 heavy (non-hydrogen) atoms. The van der Waals surface area contributed by atoms with Crippen LogP contribution in [0.3, 0.4) is 0 Å². The summed E-state index contributed by atoms with van der Waals surface area (Å²) in [4.78, 5) is 22.2. The van der Waals surface area contributed by atoms with Crippen molar-refractivity contribution in [3.8, 4) is 0 Å². The first kappa shape index (κ1) is 23.7. The minimum Gasteiger partial charge on any atom is -0.357 e. The van der Waals surface area contributed by atoms with E-state index >= 15 is 0 Å². The number of piperazine rings is 1. The Kier molecular flexibility index (Phi) is 8.88. The summed E-state index contributed by atoms with van der Waals surface area (Å²) >= 11 is 1.51. The van der Waals surface area contributed by atoms with Crippen LogP contribution in [0.2, 0.25) is 0 Å². The van der Waals surface area contributed by atoms with Gasteiger partial charge in [0.25, 0.3) is 0 Å². The van der Waals surface area contributed by atoms with Crippen molar-refractivity contribution in [2.75, 3.05) is 44.2 Å². The number of para-hydroxylation sites is 2. The van der Waals surface area contributed by atoms with Gasteiger partial charge in [0.05, 0.1) is 11.0 Å². The second-order valence-corrected chi connectivity index (χ2v) is 8.09. The second-order valence-electron chi connectivity index (χ2n) is 7.36. The number of H-pyrrole nitrogens is 1. The third-order valence-corrected chi connectivity index (χ3v) is 6.04. The van der Waals surface area contributed by atoms with Gasteiger partial charge in [-0.2, -0.15) is 4.37 Å². The number of imidazole rings is 1. The van der Waals surface area contributed by atoms with E-state index in [2.05, 4.69) is 54.4 Å². The molecule has 1 aliphatic heterocycles. The molecule has 0 spiro atoms. The molecule has 1 aliphatic rings. The fourth-order valence-corrected chi connectivity index (χ4v) is 4.41. The fraction of sp³-hybridized carbons (Fsp3) is 0.524. The number of hydrogen-bond acceptors (Lipinski definition) is 6. The standard InChI is InChI=1S/C21H30N8S.HI/c1-3-18-26-21(30-27-18)29-14-12-28(13-15-29)20(22-4-2)23-11-7-10-19-24-16-8-5-6-9-17(16)25-19;/h5-6,8-9H,3-4,7,10-15H2,1-2H3,(H,22,23)(H,24,25);1H. The molecular weight excluding hydrogens is 523 g/mol. The van der Waals surface area contributed by atoms with Crippen molar-refractivity contribution in [1.82, 2.24) is 29.5 Å². The fourth-order valence-electron chi connectivity index (χ4n) is 3.61. The highest BCUT2D eigenvalue weighted by molar-refractivity contribution is 14.0. The van der Waals surface area contributed by atoms with E-state index in [0.29, 0.717) is 0 Å². The molecule has 1 fully saturated rings. The maximum absolute atomic E-state index is 4.87. The van der Waals surface area contributed by atoms with Crippen molar-refractivity contribution in [2.45, 2.75) is 33.1 Å². The monoisotopic (exact) mass is 554 g/mol. The summed E-state index contributed by atoms with van der Waals surface area (Å²) in [6.45, 7) is 9.65. The number of hydrogen-bond donors (Lipinski definition) is 2. The van der Waals surface area contributed by atoms with Crippen LogP contribution in [0.15, 0.2) is 29.3 Å². The van der Waals surface area contributed by atoms with E-state index in [9.17, 15) is 0 Å². The van der Waals surface area contributed by atoms with Gasteiger partial charge in [-0.25, -0.2) is 9.97 Å². The number of aromatic amines is 1. The number of halogens is 1. The summed E-state index contributed by atoms with van der Waals surface area (Å²) < 4.78 is 4.41. The molecule has 2 aromatic heterocycles. The number of aliphatic imine (C=N–C) groups is 1. The molecule has 3 heterocycles. The van der Waals surface area contributed by atoms with Crippen LogP contribution in [0, 0.1) is 0 Å². The second kappa shape index (κ2) is 11.6. The molecule has 0 aliphatic carbocycles. The molecule has 1 aromatic carbocycles. The van der Waals surface area contributed by atoms with E-state index < -0.39 is 0 Å². The van der Waals surface area contributed by atoms with Crippen molar-refractivity contribution in [1.29, 1.82) is 0 Å². The first-order chi connectivity index (χ1) is 14.8. The van der Waals surface area contributed by atoms with E-state index in [4.69, 9.17) is 4.99 Å². The van der Waals surface area contributed by atoms with E-state index in [1.54, 1.807) is 0 Å². The van der Waals surface area contributed by atoms with Crippen LogP contribution in [0.4, 0.5) is 5.13 Å². The lowest BCUT2D eigenvalue weighted by Crippen LogP contribution is -2.52. The molecule has 10 heteroatoms. The maximum atomic E-state index is 4.87. The minimum absolute atomic E-state index is 0. The van der Waals surface area contributed by atoms with Crippen LogP contribution in [0.1, 0.15) is 31.9 Å². The van der Waals surface area contributed by atoms with Gasteiger partial charge in [0, 0.05) is 63.6 Å². The van der Waals surface area contributed by atoms with Crippen molar-refractivity contribution in [2.24, 2.45) is 4.99 Å². The third kappa shape index (κ3) is 6.06. The van der Waals surface area contributed by atoms with Gasteiger partial charge in [-0.05, 0) is 25.5 Å². The van der Waals surface area contributed by atoms with Crippen LogP contribution in [-0.2, 0) is 12.8 Å². The van der Waals surface area contributed by atoms with Gasteiger partial charge < -0.3 is 20.1 Å². The Bertz CT molecular complexity index is 944. The Balaban J connectivity index is 0.00000272. The van der Waals surface area contributed by atoms with Gasteiger partial charge >= 0.3 is 0 Å². The number of aryl methyl sites for hydroxylation is 2. The molecule has 0 amide bonds. The SMILES string of the molecule is CCNC(=NCCCc1nc2ccccc2[nH]1)N1CCN(c2nc(CC)ns2)CC1.I. The molecule has 0 saturated carbocycles. The molecule has 0 radical (unpaired) electrons. The quantitative estimate of drug-likeness (QED) is 0.202. The lowest BCUT2D eigenvalue weighted by Gasteiger charge is -2.36. The Morgan fingerprint density at radius 2 is 1.97 bits per heavy atom. The molecule has 0 atom stereocenters. The summed E-state index contributed by atoms with van der Waals surface area (Å²) in [6, 6.07) is 8.16. The summed E-state index contributed by atoms with van der Waals surface area (Å²) in [5.41, 5.74) is 2.13. The van der Waals surface area contributed by atoms with Crippen LogP contribution in [-0.4, -0.2) is 69.5 Å². The lowest BCUT2D eigenvalue weighted by molar-refractivity contribution is 0.372. The number of aromatic nitrogens is 4. The van der Waals surface area contributed by atoms with Gasteiger partial charge in [-0.1, -0.05) is 19.1 Å². The minimum atomic E-state index is 0. The van der Waals surface area contributed by atoms with Crippen molar-refractivity contribution in [3.05, 3.63) is 35.9 Å². The van der Waals surface area contributed by atoms with E-state index in [1.807, 2.05) is 18.2 Å². The molecule has 0 bridgehead atoms. The number of rotatable bonds is 7.